The molecule has 0 aromatic heterocycles. The van der Waals surface area contributed by atoms with Crippen LogP contribution < -0.4 is 9.46 Å². The average Bonchev–Trinajstić information content (AvgIpc) is 2.71. The number of alkyl halides is 3. The third-order valence-corrected chi connectivity index (χ3v) is 4.77. The fraction of sp³-hybridized carbons (Fsp3) is 0.0952. The summed E-state index contributed by atoms with van der Waals surface area (Å²) in [7, 11) is 1.23. The van der Waals surface area contributed by atoms with Crippen molar-refractivity contribution in [3.05, 3.63) is 72.3 Å². The van der Waals surface area contributed by atoms with E-state index in [0.29, 0.717) is 5.69 Å². The van der Waals surface area contributed by atoms with Gasteiger partial charge in [-0.1, -0.05) is 24.3 Å². The number of methoxy groups -OCH3 is 1. The molecule has 0 spiro atoms. The molecule has 3 rings (SSSR count). The number of phenolic OH excluding ortho intramolecular Hbond substituents is 1. The predicted molar refractivity (Wildman–Crippen MR) is 107 cm³/mol. The number of aromatic hydroxyl groups is 1. The molecule has 156 valence electrons. The van der Waals surface area contributed by atoms with Gasteiger partial charge in [-0.15, -0.1) is 13.2 Å². The molecule has 0 radical (unpaired) electrons. The first-order valence-corrected chi connectivity index (χ1v) is 9.37. The molecule has 30 heavy (non-hydrogen) atoms. The normalized spacial score (nSPS) is 11.1. The zero-order valence-corrected chi connectivity index (χ0v) is 16.4. The Morgan fingerprint density at radius 3 is 2.37 bits per heavy atom. The van der Waals surface area contributed by atoms with Gasteiger partial charge in [-0.25, -0.2) is 4.79 Å². The Hall–Kier alpha value is -3.33. The molecule has 0 fully saturated rings. The highest BCUT2D eigenvalue weighted by atomic mass is 32.2. The van der Waals surface area contributed by atoms with Crippen molar-refractivity contribution in [3.63, 3.8) is 0 Å². The number of carbonyl (C=O) groups is 1. The van der Waals surface area contributed by atoms with Crippen LogP contribution >= 0.6 is 11.9 Å². The van der Waals surface area contributed by atoms with E-state index in [-0.39, 0.29) is 17.1 Å². The topological polar surface area (TPSA) is 67.8 Å². The molecule has 5 nitrogen and oxygen atoms in total. The van der Waals surface area contributed by atoms with E-state index in [4.69, 9.17) is 0 Å². The third-order valence-electron chi connectivity index (χ3n) is 3.95. The lowest BCUT2D eigenvalue weighted by Crippen LogP contribution is -2.16. The van der Waals surface area contributed by atoms with Crippen LogP contribution in [-0.4, -0.2) is 24.5 Å². The minimum atomic E-state index is -4.73. The Morgan fingerprint density at radius 2 is 1.73 bits per heavy atom. The Kier molecular flexibility index (Phi) is 6.41. The monoisotopic (exact) mass is 435 g/mol. The van der Waals surface area contributed by atoms with Gasteiger partial charge in [0.05, 0.1) is 7.11 Å². The van der Waals surface area contributed by atoms with Gasteiger partial charge in [0.1, 0.15) is 17.1 Å². The standard InChI is InChI=1S/C21H16F3NO4S/c1-28-20(27)18-10-7-15(12-19(18)26)25-30-17-4-2-3-14(11-17)13-5-8-16(9-6-13)29-21(22,23)24/h2-12,25-26H,1H3. The van der Waals surface area contributed by atoms with E-state index in [1.165, 1.54) is 43.3 Å². The van der Waals surface area contributed by atoms with Crippen LogP contribution in [0.5, 0.6) is 11.5 Å². The van der Waals surface area contributed by atoms with Crippen molar-refractivity contribution in [2.45, 2.75) is 11.3 Å². The molecule has 0 unspecified atom stereocenters. The van der Waals surface area contributed by atoms with Crippen LogP contribution in [0.2, 0.25) is 0 Å². The van der Waals surface area contributed by atoms with Gasteiger partial charge in [0.15, 0.2) is 0 Å². The maximum absolute atomic E-state index is 12.3. The third kappa shape index (κ3) is 5.60. The number of nitrogens with one attached hydrogen (secondary N) is 1. The minimum absolute atomic E-state index is 0.0630. The predicted octanol–water partition coefficient (Wildman–Crippen LogP) is 5.86. The van der Waals surface area contributed by atoms with Gasteiger partial charge >= 0.3 is 12.3 Å². The number of benzene rings is 3. The largest absolute Gasteiger partial charge is 0.573 e. The van der Waals surface area contributed by atoms with Gasteiger partial charge in [-0.2, -0.15) is 0 Å². The second-order valence-electron chi connectivity index (χ2n) is 6.03. The van der Waals surface area contributed by atoms with Gasteiger partial charge < -0.3 is 19.3 Å². The quantitative estimate of drug-likeness (QED) is 0.373. The molecule has 2 N–H and O–H groups in total. The summed E-state index contributed by atoms with van der Waals surface area (Å²) in [5.41, 5.74) is 2.17. The highest BCUT2D eigenvalue weighted by Crippen LogP contribution is 2.31. The van der Waals surface area contributed by atoms with E-state index in [2.05, 4.69) is 14.2 Å². The lowest BCUT2D eigenvalue weighted by molar-refractivity contribution is -0.274. The first-order valence-electron chi connectivity index (χ1n) is 8.55. The van der Waals surface area contributed by atoms with E-state index in [1.54, 1.807) is 18.2 Å². The number of esters is 1. The number of ether oxygens (including phenoxy) is 2. The fourth-order valence-electron chi connectivity index (χ4n) is 2.58. The second kappa shape index (κ2) is 9.00. The summed E-state index contributed by atoms with van der Waals surface area (Å²) >= 11 is 1.27. The van der Waals surface area contributed by atoms with Crippen LogP contribution in [0, 0.1) is 0 Å². The van der Waals surface area contributed by atoms with Gasteiger partial charge in [0, 0.05) is 16.6 Å². The molecule has 3 aromatic carbocycles. The van der Waals surface area contributed by atoms with Crippen LogP contribution in [0.25, 0.3) is 11.1 Å². The van der Waals surface area contributed by atoms with Crippen LogP contribution in [0.3, 0.4) is 0 Å². The number of hydrogen-bond acceptors (Lipinski definition) is 6. The van der Waals surface area contributed by atoms with Crippen molar-refractivity contribution >= 4 is 23.6 Å². The maximum atomic E-state index is 12.3. The molecule has 0 saturated carbocycles. The van der Waals surface area contributed by atoms with Crippen molar-refractivity contribution in [3.8, 4) is 22.6 Å². The molecule has 9 heteroatoms. The second-order valence-corrected chi connectivity index (χ2v) is 6.91. The first kappa shape index (κ1) is 21.4. The molecule has 0 aliphatic rings. The molecule has 0 atom stereocenters. The van der Waals surface area contributed by atoms with E-state index < -0.39 is 12.3 Å². The molecule has 0 amide bonds. The summed E-state index contributed by atoms with van der Waals surface area (Å²) in [6.07, 6.45) is -4.73. The highest BCUT2D eigenvalue weighted by molar-refractivity contribution is 8.00. The highest BCUT2D eigenvalue weighted by Gasteiger charge is 2.30. The molecule has 0 aliphatic heterocycles. The van der Waals surface area contributed by atoms with Crippen LogP contribution in [0.4, 0.5) is 18.9 Å². The summed E-state index contributed by atoms with van der Waals surface area (Å²) < 4.78 is 48.4. The maximum Gasteiger partial charge on any atom is 0.573 e. The van der Waals surface area contributed by atoms with Crippen molar-refractivity contribution in [2.75, 3.05) is 11.8 Å². The fourth-order valence-corrected chi connectivity index (χ4v) is 3.28. The van der Waals surface area contributed by atoms with E-state index in [1.807, 2.05) is 24.3 Å². The van der Waals surface area contributed by atoms with Gasteiger partial charge in [-0.3, -0.25) is 0 Å². The van der Waals surface area contributed by atoms with Gasteiger partial charge in [0.25, 0.3) is 0 Å². The van der Waals surface area contributed by atoms with Crippen molar-refractivity contribution in [1.82, 2.24) is 0 Å². The van der Waals surface area contributed by atoms with E-state index in [0.717, 1.165) is 16.0 Å². The summed E-state index contributed by atoms with van der Waals surface area (Å²) in [5, 5.41) is 9.95. The number of phenols is 1. The van der Waals surface area contributed by atoms with Crippen LogP contribution in [0.1, 0.15) is 10.4 Å². The molecule has 3 aromatic rings. The molecular formula is C21H16F3NO4S. The Morgan fingerprint density at radius 1 is 1.00 bits per heavy atom. The number of anilines is 1. The number of hydrogen-bond donors (Lipinski definition) is 2. The average molecular weight is 435 g/mol. The Balaban J connectivity index is 1.69. The number of carbonyl (C=O) groups excluding carboxylic acids is 1. The molecular weight excluding hydrogens is 419 g/mol. The zero-order valence-electron chi connectivity index (χ0n) is 15.6. The SMILES string of the molecule is COC(=O)c1ccc(NSc2cccc(-c3ccc(OC(F)(F)F)cc3)c2)cc1O. The van der Waals surface area contributed by atoms with Crippen molar-refractivity contribution < 1.29 is 32.5 Å². The first-order chi connectivity index (χ1) is 14.2. The summed E-state index contributed by atoms with van der Waals surface area (Å²) in [5.74, 6) is -1.12. The summed E-state index contributed by atoms with van der Waals surface area (Å²) in [4.78, 5) is 12.3. The van der Waals surface area contributed by atoms with Crippen molar-refractivity contribution in [1.29, 1.82) is 0 Å². The lowest BCUT2D eigenvalue weighted by Gasteiger charge is -2.11. The zero-order chi connectivity index (χ0) is 21.7. The molecule has 0 bridgehead atoms. The summed E-state index contributed by atoms with van der Waals surface area (Å²) in [6.45, 7) is 0. The molecule has 0 heterocycles. The van der Waals surface area contributed by atoms with Crippen LogP contribution in [-0.2, 0) is 4.74 Å². The lowest BCUT2D eigenvalue weighted by atomic mass is 10.1. The number of rotatable bonds is 6. The summed E-state index contributed by atoms with van der Waals surface area (Å²) in [6, 6.07) is 17.4. The Labute approximate surface area is 174 Å². The van der Waals surface area contributed by atoms with E-state index >= 15 is 0 Å². The van der Waals surface area contributed by atoms with Gasteiger partial charge in [0.2, 0.25) is 0 Å². The van der Waals surface area contributed by atoms with E-state index in [9.17, 15) is 23.1 Å². The minimum Gasteiger partial charge on any atom is -0.507 e. The molecule has 0 saturated heterocycles. The Bertz CT molecular complexity index is 1040. The van der Waals surface area contributed by atoms with Crippen molar-refractivity contribution in [2.24, 2.45) is 0 Å². The van der Waals surface area contributed by atoms with Gasteiger partial charge in [-0.05, 0) is 59.5 Å². The number of halogens is 3. The van der Waals surface area contributed by atoms with Crippen LogP contribution in [0.15, 0.2) is 71.6 Å². The molecule has 0 aliphatic carbocycles. The smallest absolute Gasteiger partial charge is 0.507 e.